The van der Waals surface area contributed by atoms with Gasteiger partial charge in [0.05, 0.1) is 18.5 Å². The van der Waals surface area contributed by atoms with Crippen molar-refractivity contribution in [2.45, 2.75) is 51.5 Å². The number of rotatable bonds is 8. The third-order valence-electron chi connectivity index (χ3n) is 5.05. The minimum Gasteiger partial charge on any atom is -0.495 e. The lowest BCUT2D eigenvalue weighted by molar-refractivity contribution is 0.0954. The zero-order chi connectivity index (χ0) is 25.1. The van der Waals surface area contributed by atoms with Gasteiger partial charge in [-0.3, -0.25) is 4.79 Å². The Bertz CT molecular complexity index is 1270. The highest BCUT2D eigenvalue weighted by atomic mass is 32.2. The second-order valence-electron chi connectivity index (χ2n) is 9.23. The number of carbonyl (C=O) groups is 1. The third kappa shape index (κ3) is 6.24. The average molecular weight is 485 g/mol. The van der Waals surface area contributed by atoms with E-state index in [1.807, 2.05) is 48.9 Å². The molecule has 0 aliphatic carbocycles. The lowest BCUT2D eigenvalue weighted by atomic mass is 10.1. The van der Waals surface area contributed by atoms with E-state index in [-0.39, 0.29) is 22.1 Å². The van der Waals surface area contributed by atoms with Gasteiger partial charge in [0.25, 0.3) is 5.91 Å². The molecule has 0 aliphatic heterocycles. The van der Waals surface area contributed by atoms with E-state index < -0.39 is 15.6 Å². The number of sulfonamides is 1. The average Bonchev–Trinajstić information content (AvgIpc) is 3.10. The maximum atomic E-state index is 12.8. The Balaban J connectivity index is 1.66. The zero-order valence-electron chi connectivity index (χ0n) is 20.5. The van der Waals surface area contributed by atoms with E-state index in [9.17, 15) is 13.2 Å². The predicted octanol–water partition coefficient (Wildman–Crippen LogP) is 3.55. The van der Waals surface area contributed by atoms with E-state index in [1.54, 1.807) is 26.8 Å². The first-order chi connectivity index (χ1) is 15.9. The minimum atomic E-state index is -3.87. The molecule has 34 heavy (non-hydrogen) atoms. The van der Waals surface area contributed by atoms with Crippen LogP contribution in [0.3, 0.4) is 0 Å². The fourth-order valence-electron chi connectivity index (χ4n) is 3.60. The monoisotopic (exact) mass is 484 g/mol. The number of methoxy groups -OCH3 is 1. The molecular weight excluding hydrogens is 452 g/mol. The van der Waals surface area contributed by atoms with Crippen molar-refractivity contribution >= 4 is 15.9 Å². The number of ether oxygens (including phenoxy) is 1. The molecule has 0 fully saturated rings. The largest absolute Gasteiger partial charge is 0.495 e. The summed E-state index contributed by atoms with van der Waals surface area (Å²) >= 11 is 0. The van der Waals surface area contributed by atoms with Crippen LogP contribution < -0.4 is 14.8 Å². The molecule has 0 aliphatic rings. The van der Waals surface area contributed by atoms with Gasteiger partial charge in [-0.1, -0.05) is 12.1 Å². The van der Waals surface area contributed by atoms with Crippen LogP contribution >= 0.6 is 0 Å². The number of hydrogen-bond donors (Lipinski definition) is 2. The van der Waals surface area contributed by atoms with Gasteiger partial charge in [0.1, 0.15) is 10.6 Å². The fourth-order valence-corrected chi connectivity index (χ4v) is 5.22. The highest BCUT2D eigenvalue weighted by Crippen LogP contribution is 2.26. The Labute approximate surface area is 201 Å². The van der Waals surface area contributed by atoms with E-state index in [1.165, 1.54) is 19.2 Å². The first-order valence-electron chi connectivity index (χ1n) is 11.0. The van der Waals surface area contributed by atoms with Gasteiger partial charge in [0.15, 0.2) is 0 Å². The quantitative estimate of drug-likeness (QED) is 0.509. The van der Waals surface area contributed by atoms with E-state index >= 15 is 0 Å². The van der Waals surface area contributed by atoms with Crippen molar-refractivity contribution in [1.29, 1.82) is 0 Å². The van der Waals surface area contributed by atoms with Gasteiger partial charge in [0.2, 0.25) is 10.0 Å². The van der Waals surface area contributed by atoms with Crippen molar-refractivity contribution < 1.29 is 17.9 Å². The molecule has 2 aromatic carbocycles. The molecule has 0 saturated carbocycles. The maximum absolute atomic E-state index is 12.8. The number of nitrogens with one attached hydrogen (secondary N) is 2. The SMILES string of the molecule is COc1ccc(C(=O)NCCc2ccc(-n3nc(C)cc3C)cc2)cc1S(=O)(=O)NC(C)(C)C. The molecule has 2 N–H and O–H groups in total. The van der Waals surface area contributed by atoms with Crippen LogP contribution in [-0.2, 0) is 16.4 Å². The molecule has 8 nitrogen and oxygen atoms in total. The van der Waals surface area contributed by atoms with Crippen LogP contribution in [0.5, 0.6) is 5.75 Å². The molecule has 1 heterocycles. The molecule has 182 valence electrons. The fraction of sp³-hybridized carbons (Fsp3) is 0.360. The van der Waals surface area contributed by atoms with Crippen molar-refractivity contribution in [2.24, 2.45) is 0 Å². The third-order valence-corrected chi connectivity index (χ3v) is 6.82. The van der Waals surface area contributed by atoms with Crippen LogP contribution in [0.25, 0.3) is 5.69 Å². The molecule has 1 aromatic heterocycles. The summed E-state index contributed by atoms with van der Waals surface area (Å²) in [6, 6.07) is 14.4. The van der Waals surface area contributed by atoms with Crippen LogP contribution in [0.15, 0.2) is 53.4 Å². The number of benzene rings is 2. The summed E-state index contributed by atoms with van der Waals surface area (Å²) in [5, 5.41) is 7.35. The summed E-state index contributed by atoms with van der Waals surface area (Å²) in [4.78, 5) is 12.6. The molecule has 3 aromatic rings. The van der Waals surface area contributed by atoms with Gasteiger partial charge in [-0.15, -0.1) is 0 Å². The van der Waals surface area contributed by atoms with E-state index in [0.717, 1.165) is 22.6 Å². The van der Waals surface area contributed by atoms with Crippen molar-refractivity contribution in [3.63, 3.8) is 0 Å². The molecule has 0 spiro atoms. The van der Waals surface area contributed by atoms with Crippen molar-refractivity contribution in [2.75, 3.05) is 13.7 Å². The van der Waals surface area contributed by atoms with Crippen LogP contribution in [0.2, 0.25) is 0 Å². The summed E-state index contributed by atoms with van der Waals surface area (Å²) < 4.78 is 35.3. The van der Waals surface area contributed by atoms with E-state index in [4.69, 9.17) is 4.74 Å². The molecule has 0 bridgehead atoms. The Morgan fingerprint density at radius 1 is 1.06 bits per heavy atom. The minimum absolute atomic E-state index is 0.0719. The van der Waals surface area contributed by atoms with Gasteiger partial charge in [0, 0.05) is 23.3 Å². The smallest absolute Gasteiger partial charge is 0.251 e. The van der Waals surface area contributed by atoms with Crippen LogP contribution in [0.1, 0.15) is 48.1 Å². The number of hydrogen-bond acceptors (Lipinski definition) is 5. The molecule has 1 amide bonds. The Morgan fingerprint density at radius 3 is 2.29 bits per heavy atom. The van der Waals surface area contributed by atoms with Gasteiger partial charge in [-0.05, 0) is 83.0 Å². The van der Waals surface area contributed by atoms with Crippen LogP contribution in [-0.4, -0.2) is 43.3 Å². The predicted molar refractivity (Wildman–Crippen MR) is 132 cm³/mol. The van der Waals surface area contributed by atoms with Crippen molar-refractivity contribution in [1.82, 2.24) is 19.8 Å². The molecule has 0 radical (unpaired) electrons. The highest BCUT2D eigenvalue weighted by Gasteiger charge is 2.26. The number of nitrogens with zero attached hydrogens (tertiary/aromatic N) is 2. The second-order valence-corrected chi connectivity index (χ2v) is 10.9. The van der Waals surface area contributed by atoms with Gasteiger partial charge in [-0.25, -0.2) is 17.8 Å². The van der Waals surface area contributed by atoms with Crippen molar-refractivity contribution in [3.05, 3.63) is 71.0 Å². The van der Waals surface area contributed by atoms with Gasteiger partial charge < -0.3 is 10.1 Å². The molecular formula is C25H32N4O4S. The Morgan fingerprint density at radius 2 is 1.74 bits per heavy atom. The highest BCUT2D eigenvalue weighted by molar-refractivity contribution is 7.89. The number of carbonyl (C=O) groups excluding carboxylic acids is 1. The summed E-state index contributed by atoms with van der Waals surface area (Å²) in [5.74, 6) is -0.176. The second kappa shape index (κ2) is 9.99. The number of aryl methyl sites for hydroxylation is 2. The molecule has 0 saturated heterocycles. The standard InChI is InChI=1S/C25H32N4O4S/c1-17-15-18(2)29(27-17)21-10-7-19(8-11-21)13-14-26-24(30)20-9-12-22(33-6)23(16-20)34(31,32)28-25(3,4)5/h7-12,15-16,28H,13-14H2,1-6H3,(H,26,30). The van der Waals surface area contributed by atoms with Crippen LogP contribution in [0.4, 0.5) is 0 Å². The molecule has 9 heteroatoms. The Kier molecular flexibility index (Phi) is 7.48. The van der Waals surface area contributed by atoms with Gasteiger partial charge >= 0.3 is 0 Å². The molecule has 3 rings (SSSR count). The lowest BCUT2D eigenvalue weighted by Gasteiger charge is -2.21. The number of aromatic nitrogens is 2. The first kappa shape index (κ1) is 25.5. The summed E-state index contributed by atoms with van der Waals surface area (Å²) in [6.07, 6.45) is 0.635. The van der Waals surface area contributed by atoms with Gasteiger partial charge in [-0.2, -0.15) is 5.10 Å². The number of amides is 1. The van der Waals surface area contributed by atoms with E-state index in [0.29, 0.717) is 13.0 Å². The normalized spacial score (nSPS) is 11.9. The molecule has 0 unspecified atom stereocenters. The van der Waals surface area contributed by atoms with Crippen molar-refractivity contribution in [3.8, 4) is 11.4 Å². The first-order valence-corrected chi connectivity index (χ1v) is 12.5. The zero-order valence-corrected chi connectivity index (χ0v) is 21.3. The Hall–Kier alpha value is -3.17. The topological polar surface area (TPSA) is 102 Å². The lowest BCUT2D eigenvalue weighted by Crippen LogP contribution is -2.40. The van der Waals surface area contributed by atoms with E-state index in [2.05, 4.69) is 15.1 Å². The summed E-state index contributed by atoms with van der Waals surface area (Å²) in [6.45, 7) is 9.62. The van der Waals surface area contributed by atoms with Crippen LogP contribution in [0, 0.1) is 13.8 Å². The molecule has 0 atom stereocenters. The maximum Gasteiger partial charge on any atom is 0.251 e. The summed E-state index contributed by atoms with van der Waals surface area (Å²) in [5.41, 5.74) is 3.65. The summed E-state index contributed by atoms with van der Waals surface area (Å²) in [7, 11) is -2.48.